The third-order valence-electron chi connectivity index (χ3n) is 1.75. The van der Waals surface area contributed by atoms with Gasteiger partial charge in [0.25, 0.3) is 0 Å². The van der Waals surface area contributed by atoms with Crippen LogP contribution in [0, 0.1) is 0 Å². The molecule has 0 atom stereocenters. The predicted molar refractivity (Wildman–Crippen MR) is 53.5 cm³/mol. The molecule has 0 aliphatic heterocycles. The lowest BCUT2D eigenvalue weighted by Gasteiger charge is -2.34. The van der Waals surface area contributed by atoms with Crippen LogP contribution in [0.2, 0.25) is 0 Å². The molecule has 0 unspecified atom stereocenters. The summed E-state index contributed by atoms with van der Waals surface area (Å²) in [6.07, 6.45) is 1.54. The molecule has 0 spiro atoms. The Morgan fingerprint density at radius 2 is 2.00 bits per heavy atom. The number of hydrogen-bond donors (Lipinski definition) is 2. The van der Waals surface area contributed by atoms with E-state index in [0.717, 1.165) is 4.67 Å². The molecular weight excluding hydrogens is 213 g/mol. The van der Waals surface area contributed by atoms with Crippen LogP contribution in [0.4, 0.5) is 0 Å². The summed E-state index contributed by atoms with van der Waals surface area (Å²) >= 11 is 5.38. The molecule has 0 saturated carbocycles. The highest BCUT2D eigenvalue weighted by Crippen LogP contribution is 2.45. The number of nitrogens with zero attached hydrogens (tertiary/aromatic N) is 1. The van der Waals surface area contributed by atoms with Crippen LogP contribution < -0.4 is 0 Å². The van der Waals surface area contributed by atoms with Crippen molar-refractivity contribution in [1.82, 2.24) is 4.67 Å². The Labute approximate surface area is 83.4 Å². The maximum Gasteiger partial charge on any atom is 0.403 e. The zero-order valence-electron chi connectivity index (χ0n) is 7.94. The molecular formula is C7H15ClNO3P. The fraction of sp³-hybridized carbons (Fsp3) is 0.714. The lowest BCUT2D eigenvalue weighted by atomic mass is 10.1. The normalized spacial score (nSPS) is 14.4. The summed E-state index contributed by atoms with van der Waals surface area (Å²) in [4.78, 5) is 18.0. The first kappa shape index (κ1) is 13.1. The van der Waals surface area contributed by atoms with Crippen molar-refractivity contribution in [3.63, 3.8) is 0 Å². The third-order valence-corrected chi connectivity index (χ3v) is 3.30. The smallest absolute Gasteiger partial charge is 0.312 e. The summed E-state index contributed by atoms with van der Waals surface area (Å²) in [6, 6.07) is 0. The Kier molecular flexibility index (Phi) is 4.63. The summed E-state index contributed by atoms with van der Waals surface area (Å²) in [5, 5.41) is 0. The monoisotopic (exact) mass is 227 g/mol. The zero-order valence-corrected chi connectivity index (χ0v) is 9.59. The molecule has 0 bridgehead atoms. The number of hydrogen-bond acceptors (Lipinski definition) is 1. The Morgan fingerprint density at radius 1 is 1.54 bits per heavy atom. The summed E-state index contributed by atoms with van der Waals surface area (Å²) in [5.41, 5.74) is 0.522. The highest BCUT2D eigenvalue weighted by molar-refractivity contribution is 7.49. The van der Waals surface area contributed by atoms with Gasteiger partial charge in [-0.3, -0.25) is 0 Å². The van der Waals surface area contributed by atoms with E-state index in [-0.39, 0.29) is 6.54 Å². The topological polar surface area (TPSA) is 60.8 Å². The van der Waals surface area contributed by atoms with Gasteiger partial charge in [-0.2, -0.15) is 0 Å². The largest absolute Gasteiger partial charge is 0.403 e. The van der Waals surface area contributed by atoms with Crippen molar-refractivity contribution in [2.75, 3.05) is 6.54 Å². The van der Waals surface area contributed by atoms with Crippen LogP contribution in [-0.4, -0.2) is 26.5 Å². The molecule has 0 radical (unpaired) electrons. The number of halogens is 1. The van der Waals surface area contributed by atoms with E-state index in [1.807, 2.05) is 0 Å². The third kappa shape index (κ3) is 3.79. The molecule has 0 aromatic rings. The van der Waals surface area contributed by atoms with Gasteiger partial charge in [0.05, 0.1) is 0 Å². The maximum absolute atomic E-state index is 11.0. The van der Waals surface area contributed by atoms with Gasteiger partial charge in [-0.1, -0.05) is 24.6 Å². The van der Waals surface area contributed by atoms with Crippen LogP contribution >= 0.6 is 19.3 Å². The molecule has 6 heteroatoms. The molecule has 0 aliphatic rings. The van der Waals surface area contributed by atoms with Gasteiger partial charge >= 0.3 is 7.75 Å². The summed E-state index contributed by atoms with van der Waals surface area (Å²) < 4.78 is 12.1. The molecule has 13 heavy (non-hydrogen) atoms. The van der Waals surface area contributed by atoms with Crippen molar-refractivity contribution >= 4 is 19.3 Å². The van der Waals surface area contributed by atoms with Crippen molar-refractivity contribution in [3.8, 4) is 0 Å². The summed E-state index contributed by atoms with van der Waals surface area (Å²) in [6.45, 7) is 5.32. The minimum Gasteiger partial charge on any atom is -0.312 e. The Balaban J connectivity index is 4.88. The Bertz CT molecular complexity index is 236. The first-order valence-electron chi connectivity index (χ1n) is 3.87. The fourth-order valence-corrected chi connectivity index (χ4v) is 2.58. The second-order valence-corrected chi connectivity index (χ2v) is 4.94. The van der Waals surface area contributed by atoms with Crippen molar-refractivity contribution in [1.29, 1.82) is 0 Å². The molecule has 0 rings (SSSR count). The molecule has 2 N–H and O–H groups in total. The van der Waals surface area contributed by atoms with E-state index in [2.05, 4.69) is 0 Å². The molecule has 78 valence electrons. The van der Waals surface area contributed by atoms with E-state index in [1.165, 1.54) is 11.6 Å². The SMILES string of the molecule is CCN(C(C)(C)C=CCl)P(=O)(O)O. The lowest BCUT2D eigenvalue weighted by molar-refractivity contribution is 0.209. The highest BCUT2D eigenvalue weighted by Gasteiger charge is 2.35. The van der Waals surface area contributed by atoms with Crippen LogP contribution in [0.5, 0.6) is 0 Å². The molecule has 0 amide bonds. The summed E-state index contributed by atoms with van der Waals surface area (Å²) in [5.74, 6) is 0. The molecule has 0 fully saturated rings. The highest BCUT2D eigenvalue weighted by atomic mass is 35.5. The van der Waals surface area contributed by atoms with Gasteiger partial charge in [0, 0.05) is 17.6 Å². The number of likely N-dealkylation sites (N-methyl/N-ethyl adjacent to an activating group) is 1. The fourth-order valence-electron chi connectivity index (χ4n) is 1.17. The average molecular weight is 228 g/mol. The average Bonchev–Trinajstić information content (AvgIpc) is 1.83. The van der Waals surface area contributed by atoms with Gasteiger partial charge < -0.3 is 9.79 Å². The predicted octanol–water partition coefficient (Wildman–Crippen LogP) is 1.93. The first-order chi connectivity index (χ1) is 5.75. The van der Waals surface area contributed by atoms with E-state index >= 15 is 0 Å². The lowest BCUT2D eigenvalue weighted by Crippen LogP contribution is -2.39. The molecule has 0 aromatic carbocycles. The minimum absolute atomic E-state index is 0.262. The van der Waals surface area contributed by atoms with Gasteiger partial charge in [0.2, 0.25) is 0 Å². The second-order valence-electron chi connectivity index (χ2n) is 3.18. The van der Waals surface area contributed by atoms with Gasteiger partial charge in [-0.05, 0) is 13.8 Å². The van der Waals surface area contributed by atoms with E-state index in [0.29, 0.717) is 0 Å². The molecule has 0 saturated heterocycles. The zero-order chi connectivity index (χ0) is 10.7. The van der Waals surface area contributed by atoms with Gasteiger partial charge in [0.1, 0.15) is 0 Å². The van der Waals surface area contributed by atoms with Crippen LogP contribution in [0.25, 0.3) is 0 Å². The van der Waals surface area contributed by atoms with Crippen LogP contribution in [0.3, 0.4) is 0 Å². The maximum atomic E-state index is 11.0. The van der Waals surface area contributed by atoms with Gasteiger partial charge in [0.15, 0.2) is 0 Å². The Morgan fingerprint density at radius 3 is 2.23 bits per heavy atom. The molecule has 0 aromatic heterocycles. The van der Waals surface area contributed by atoms with Crippen LogP contribution in [0.1, 0.15) is 20.8 Å². The first-order valence-corrected chi connectivity index (χ1v) is 5.87. The molecule has 0 heterocycles. The van der Waals surface area contributed by atoms with E-state index in [9.17, 15) is 4.57 Å². The van der Waals surface area contributed by atoms with Crippen LogP contribution in [-0.2, 0) is 4.57 Å². The van der Waals surface area contributed by atoms with Gasteiger partial charge in [-0.15, -0.1) is 0 Å². The minimum atomic E-state index is -4.20. The second kappa shape index (κ2) is 4.58. The van der Waals surface area contributed by atoms with E-state index in [4.69, 9.17) is 21.4 Å². The van der Waals surface area contributed by atoms with Crippen molar-refractivity contribution in [3.05, 3.63) is 11.6 Å². The van der Waals surface area contributed by atoms with Crippen molar-refractivity contribution < 1.29 is 14.4 Å². The van der Waals surface area contributed by atoms with Crippen LogP contribution in [0.15, 0.2) is 11.6 Å². The molecule has 0 aliphatic carbocycles. The number of rotatable bonds is 4. The van der Waals surface area contributed by atoms with Gasteiger partial charge in [-0.25, -0.2) is 9.24 Å². The summed E-state index contributed by atoms with van der Waals surface area (Å²) in [7, 11) is -4.20. The molecule has 4 nitrogen and oxygen atoms in total. The van der Waals surface area contributed by atoms with E-state index < -0.39 is 13.3 Å². The van der Waals surface area contributed by atoms with Crippen molar-refractivity contribution in [2.45, 2.75) is 26.3 Å². The van der Waals surface area contributed by atoms with E-state index in [1.54, 1.807) is 20.8 Å². The standard InChI is InChI=1S/C7H15ClNO3P/c1-4-9(13(10,11)12)7(2,3)5-6-8/h5-6H,4H2,1-3H3,(H2,10,11,12). The quantitative estimate of drug-likeness (QED) is 0.721. The van der Waals surface area contributed by atoms with Crippen molar-refractivity contribution in [2.24, 2.45) is 0 Å². The Hall–Kier alpha value is 0.140.